The minimum Gasteiger partial charge on any atom is -0.483 e. The lowest BCUT2D eigenvalue weighted by Crippen LogP contribution is -2.41. The molecule has 2 N–H and O–H groups in total. The van der Waals surface area contributed by atoms with E-state index in [4.69, 9.17) is 16.3 Å². The molecule has 1 aromatic heterocycles. The Bertz CT molecular complexity index is 1050. The molecule has 1 amide bonds. The highest BCUT2D eigenvalue weighted by Gasteiger charge is 2.24. The highest BCUT2D eigenvalue weighted by Crippen LogP contribution is 2.33. The first-order valence-electron chi connectivity index (χ1n) is 9.70. The van der Waals surface area contributed by atoms with Gasteiger partial charge in [-0.1, -0.05) is 23.7 Å². The number of hydrogen-bond donors (Lipinski definition) is 2. The summed E-state index contributed by atoms with van der Waals surface area (Å²) in [5.74, 6) is 0.686. The average molecular weight is 397 g/mol. The van der Waals surface area contributed by atoms with Crippen molar-refractivity contribution >= 4 is 28.4 Å². The van der Waals surface area contributed by atoms with E-state index < -0.39 is 0 Å². The number of nitrogens with one attached hydrogen (secondary N) is 2. The molecular formula is C23H25ClN2O2. The third-order valence-corrected chi connectivity index (χ3v) is 5.96. The van der Waals surface area contributed by atoms with Crippen LogP contribution >= 0.6 is 11.6 Å². The third kappa shape index (κ3) is 3.61. The molecule has 0 saturated carbocycles. The Morgan fingerprint density at radius 1 is 1.25 bits per heavy atom. The number of fused-ring (bicyclic) bond motifs is 3. The Hall–Kier alpha value is -2.46. The minimum atomic E-state index is -0.0802. The molecule has 28 heavy (non-hydrogen) atoms. The standard InChI is InChI=1S/C23H25ClN2O2/c1-13-5-4-6-21(15(13)3)28-12-22(27)25-17-7-8-20-18(11-17)19-10-16(24)9-14(2)23(19)26-20/h4-6,9-10,17,26H,7-8,11-12H2,1-3H3,(H,25,27)/t17-/m0/s1. The second kappa shape index (κ2) is 7.51. The summed E-state index contributed by atoms with van der Waals surface area (Å²) in [6, 6.07) is 10.0. The fourth-order valence-corrected chi connectivity index (χ4v) is 4.34. The first-order valence-corrected chi connectivity index (χ1v) is 10.1. The summed E-state index contributed by atoms with van der Waals surface area (Å²) in [5, 5.41) is 5.06. The SMILES string of the molecule is Cc1cccc(OCC(=O)N[C@H]2CCc3[nH]c4c(C)cc(Cl)cc4c3C2)c1C. The van der Waals surface area contributed by atoms with Crippen molar-refractivity contribution < 1.29 is 9.53 Å². The molecule has 5 heteroatoms. The molecule has 3 aromatic rings. The fourth-order valence-electron chi connectivity index (χ4n) is 4.07. The van der Waals surface area contributed by atoms with Crippen LogP contribution in [0.25, 0.3) is 10.9 Å². The van der Waals surface area contributed by atoms with Gasteiger partial charge in [0, 0.05) is 27.7 Å². The number of aromatic nitrogens is 1. The number of benzene rings is 2. The maximum atomic E-state index is 12.4. The number of rotatable bonds is 4. The Labute approximate surface area is 170 Å². The molecule has 0 spiro atoms. The van der Waals surface area contributed by atoms with Gasteiger partial charge < -0.3 is 15.0 Å². The molecule has 4 rings (SSSR count). The smallest absolute Gasteiger partial charge is 0.258 e. The van der Waals surface area contributed by atoms with Gasteiger partial charge in [-0.25, -0.2) is 0 Å². The van der Waals surface area contributed by atoms with Crippen molar-refractivity contribution in [1.29, 1.82) is 0 Å². The summed E-state index contributed by atoms with van der Waals surface area (Å²) >= 11 is 6.27. The lowest BCUT2D eigenvalue weighted by atomic mass is 9.91. The molecule has 0 saturated heterocycles. The van der Waals surface area contributed by atoms with E-state index in [0.29, 0.717) is 0 Å². The number of carbonyl (C=O) groups excluding carboxylic acids is 1. The maximum Gasteiger partial charge on any atom is 0.258 e. The van der Waals surface area contributed by atoms with Crippen LogP contribution in [-0.2, 0) is 17.6 Å². The van der Waals surface area contributed by atoms with Gasteiger partial charge in [0.2, 0.25) is 0 Å². The van der Waals surface area contributed by atoms with Gasteiger partial charge in [0.15, 0.2) is 6.61 Å². The number of halogens is 1. The predicted octanol–water partition coefficient (Wildman–Crippen LogP) is 4.80. The maximum absolute atomic E-state index is 12.4. The molecule has 0 bridgehead atoms. The molecule has 1 atom stereocenters. The Kier molecular flexibility index (Phi) is 5.07. The van der Waals surface area contributed by atoms with E-state index in [-0.39, 0.29) is 18.6 Å². The van der Waals surface area contributed by atoms with Crippen LogP contribution < -0.4 is 10.1 Å². The van der Waals surface area contributed by atoms with Gasteiger partial charge in [0.25, 0.3) is 5.91 Å². The van der Waals surface area contributed by atoms with Crippen LogP contribution in [0.5, 0.6) is 5.75 Å². The Morgan fingerprint density at radius 3 is 2.89 bits per heavy atom. The van der Waals surface area contributed by atoms with Gasteiger partial charge in [-0.3, -0.25) is 4.79 Å². The molecule has 2 aromatic carbocycles. The van der Waals surface area contributed by atoms with E-state index in [0.717, 1.165) is 52.2 Å². The van der Waals surface area contributed by atoms with Gasteiger partial charge >= 0.3 is 0 Å². The highest BCUT2D eigenvalue weighted by atomic mass is 35.5. The lowest BCUT2D eigenvalue weighted by Gasteiger charge is -2.24. The van der Waals surface area contributed by atoms with Gasteiger partial charge in [-0.2, -0.15) is 0 Å². The summed E-state index contributed by atoms with van der Waals surface area (Å²) in [5.41, 5.74) is 7.07. The first kappa shape index (κ1) is 18.9. The molecule has 0 unspecified atom stereocenters. The number of aryl methyl sites for hydroxylation is 3. The summed E-state index contributed by atoms with van der Waals surface area (Å²) in [7, 11) is 0. The summed E-state index contributed by atoms with van der Waals surface area (Å²) in [6.07, 6.45) is 2.65. The zero-order chi connectivity index (χ0) is 19.8. The van der Waals surface area contributed by atoms with E-state index in [1.165, 1.54) is 16.6 Å². The van der Waals surface area contributed by atoms with Gasteiger partial charge in [-0.05, 0) is 80.5 Å². The van der Waals surface area contributed by atoms with Crippen LogP contribution in [0.2, 0.25) is 5.02 Å². The normalized spacial score (nSPS) is 16.1. The van der Waals surface area contributed by atoms with Crippen LogP contribution in [0.3, 0.4) is 0 Å². The quantitative estimate of drug-likeness (QED) is 0.665. The molecule has 0 aliphatic heterocycles. The summed E-state index contributed by atoms with van der Waals surface area (Å²) in [6.45, 7) is 6.15. The zero-order valence-corrected chi connectivity index (χ0v) is 17.2. The molecule has 0 radical (unpaired) electrons. The van der Waals surface area contributed by atoms with E-state index in [9.17, 15) is 4.79 Å². The predicted molar refractivity (Wildman–Crippen MR) is 113 cm³/mol. The van der Waals surface area contributed by atoms with E-state index in [2.05, 4.69) is 17.2 Å². The van der Waals surface area contributed by atoms with Crippen LogP contribution in [0.4, 0.5) is 0 Å². The minimum absolute atomic E-state index is 0.0342. The molecule has 146 valence electrons. The second-order valence-electron chi connectivity index (χ2n) is 7.72. The molecule has 0 fully saturated rings. The highest BCUT2D eigenvalue weighted by molar-refractivity contribution is 6.31. The Balaban J connectivity index is 1.43. The Morgan fingerprint density at radius 2 is 2.07 bits per heavy atom. The van der Waals surface area contributed by atoms with Gasteiger partial charge in [-0.15, -0.1) is 0 Å². The molecule has 1 heterocycles. The lowest BCUT2D eigenvalue weighted by molar-refractivity contribution is -0.123. The number of amides is 1. The molecule has 1 aliphatic rings. The zero-order valence-electron chi connectivity index (χ0n) is 16.5. The van der Waals surface area contributed by atoms with E-state index >= 15 is 0 Å². The second-order valence-corrected chi connectivity index (χ2v) is 8.16. The van der Waals surface area contributed by atoms with Gasteiger partial charge in [0.1, 0.15) is 5.75 Å². The average Bonchev–Trinajstić information content (AvgIpc) is 3.01. The number of aromatic amines is 1. The topological polar surface area (TPSA) is 54.1 Å². The van der Waals surface area contributed by atoms with Crippen LogP contribution in [0, 0.1) is 20.8 Å². The number of hydrogen-bond acceptors (Lipinski definition) is 2. The molecule has 1 aliphatic carbocycles. The van der Waals surface area contributed by atoms with Crippen molar-refractivity contribution in [2.45, 2.75) is 46.1 Å². The van der Waals surface area contributed by atoms with Crippen molar-refractivity contribution in [3.63, 3.8) is 0 Å². The van der Waals surface area contributed by atoms with Crippen molar-refractivity contribution in [2.24, 2.45) is 0 Å². The van der Waals surface area contributed by atoms with Crippen molar-refractivity contribution in [3.8, 4) is 5.75 Å². The largest absolute Gasteiger partial charge is 0.483 e. The van der Waals surface area contributed by atoms with E-state index in [1.807, 2.05) is 44.2 Å². The molecule has 4 nitrogen and oxygen atoms in total. The van der Waals surface area contributed by atoms with Crippen molar-refractivity contribution in [2.75, 3.05) is 6.61 Å². The van der Waals surface area contributed by atoms with Crippen molar-refractivity contribution in [3.05, 3.63) is 63.3 Å². The van der Waals surface area contributed by atoms with Crippen LogP contribution in [0.15, 0.2) is 30.3 Å². The summed E-state index contributed by atoms with van der Waals surface area (Å²) in [4.78, 5) is 16.0. The van der Waals surface area contributed by atoms with Crippen LogP contribution in [0.1, 0.15) is 34.4 Å². The van der Waals surface area contributed by atoms with Crippen molar-refractivity contribution in [1.82, 2.24) is 10.3 Å². The summed E-state index contributed by atoms with van der Waals surface area (Å²) < 4.78 is 5.74. The monoisotopic (exact) mass is 396 g/mol. The number of H-pyrrole nitrogens is 1. The van der Waals surface area contributed by atoms with Crippen LogP contribution in [-0.4, -0.2) is 23.5 Å². The fraction of sp³-hybridized carbons (Fsp3) is 0.348. The van der Waals surface area contributed by atoms with E-state index in [1.54, 1.807) is 0 Å². The first-order chi connectivity index (χ1) is 13.4. The van der Waals surface area contributed by atoms with Gasteiger partial charge in [0.05, 0.1) is 0 Å². The number of ether oxygens (including phenoxy) is 1. The molecular weight excluding hydrogens is 372 g/mol. The number of carbonyl (C=O) groups is 1. The third-order valence-electron chi connectivity index (χ3n) is 5.74.